The predicted molar refractivity (Wildman–Crippen MR) is 111 cm³/mol. The number of amides is 2. The molecule has 0 heterocycles. The summed E-state index contributed by atoms with van der Waals surface area (Å²) in [5.41, 5.74) is 0.577. The molecule has 0 atom stereocenters. The lowest BCUT2D eigenvalue weighted by Gasteiger charge is -2.11. The highest BCUT2D eigenvalue weighted by Crippen LogP contribution is 2.16. The summed E-state index contributed by atoms with van der Waals surface area (Å²) in [6, 6.07) is 12.2. The first-order valence-corrected chi connectivity index (χ1v) is 9.13. The molecule has 9 nitrogen and oxygen atoms in total. The molecule has 0 fully saturated rings. The van der Waals surface area contributed by atoms with E-state index < -0.39 is 16.7 Å². The topological polar surface area (TPSA) is 120 Å². The van der Waals surface area contributed by atoms with Crippen LogP contribution in [0.5, 0.6) is 5.75 Å². The van der Waals surface area contributed by atoms with Gasteiger partial charge in [-0.1, -0.05) is 12.1 Å². The van der Waals surface area contributed by atoms with Crippen LogP contribution in [0, 0.1) is 10.1 Å². The summed E-state index contributed by atoms with van der Waals surface area (Å²) in [5, 5.41) is 16.3. The van der Waals surface area contributed by atoms with Gasteiger partial charge in [0, 0.05) is 38.0 Å². The molecule has 2 rings (SSSR count). The van der Waals surface area contributed by atoms with E-state index in [0.29, 0.717) is 36.4 Å². The third-order valence-electron chi connectivity index (χ3n) is 4.05. The molecule has 0 saturated heterocycles. The van der Waals surface area contributed by atoms with Gasteiger partial charge in [0.15, 0.2) is 0 Å². The second-order valence-corrected chi connectivity index (χ2v) is 6.19. The van der Waals surface area contributed by atoms with E-state index >= 15 is 0 Å². The number of non-ortho nitro benzene ring substituents is 1. The molecule has 0 aliphatic heterocycles. The van der Waals surface area contributed by atoms with Gasteiger partial charge in [-0.3, -0.25) is 19.7 Å². The van der Waals surface area contributed by atoms with Gasteiger partial charge in [-0.15, -0.1) is 0 Å². The molecule has 2 aromatic carbocycles. The number of methoxy groups -OCH3 is 2. The lowest BCUT2D eigenvalue weighted by molar-refractivity contribution is -0.384. The van der Waals surface area contributed by atoms with Crippen LogP contribution < -0.4 is 15.4 Å². The molecule has 158 valence electrons. The van der Waals surface area contributed by atoms with Gasteiger partial charge in [0.25, 0.3) is 17.5 Å². The minimum atomic E-state index is -0.530. The molecule has 0 aliphatic carbocycles. The number of rotatable bonds is 10. The van der Waals surface area contributed by atoms with Gasteiger partial charge in [0.2, 0.25) is 0 Å². The van der Waals surface area contributed by atoms with Gasteiger partial charge in [-0.25, -0.2) is 0 Å². The van der Waals surface area contributed by atoms with E-state index in [2.05, 4.69) is 10.6 Å². The van der Waals surface area contributed by atoms with E-state index in [-0.39, 0.29) is 11.4 Å². The van der Waals surface area contributed by atoms with Crippen molar-refractivity contribution < 1.29 is 24.0 Å². The number of carbonyl (C=O) groups excluding carboxylic acids is 2. The third-order valence-corrected chi connectivity index (χ3v) is 4.05. The van der Waals surface area contributed by atoms with Gasteiger partial charge >= 0.3 is 0 Å². The highest BCUT2D eigenvalue weighted by Gasteiger charge is 2.15. The Morgan fingerprint density at radius 2 is 1.87 bits per heavy atom. The summed E-state index contributed by atoms with van der Waals surface area (Å²) >= 11 is 0. The maximum atomic E-state index is 12.6. The van der Waals surface area contributed by atoms with E-state index in [4.69, 9.17) is 9.47 Å². The molecule has 30 heavy (non-hydrogen) atoms. The maximum Gasteiger partial charge on any atom is 0.270 e. The number of nitrogens with one attached hydrogen (secondary N) is 2. The van der Waals surface area contributed by atoms with Crippen LogP contribution in [0.4, 0.5) is 5.69 Å². The fourth-order valence-electron chi connectivity index (χ4n) is 2.50. The zero-order valence-corrected chi connectivity index (χ0v) is 16.7. The molecule has 0 spiro atoms. The first kappa shape index (κ1) is 22.6. The molecule has 2 amide bonds. The highest BCUT2D eigenvalue weighted by molar-refractivity contribution is 6.05. The number of hydrogen-bond donors (Lipinski definition) is 2. The molecule has 0 aliphatic rings. The Labute approximate surface area is 173 Å². The van der Waals surface area contributed by atoms with Gasteiger partial charge in [0.1, 0.15) is 11.4 Å². The summed E-state index contributed by atoms with van der Waals surface area (Å²) in [6.45, 7) is 0.819. The number of nitro groups is 1. The van der Waals surface area contributed by atoms with Crippen molar-refractivity contribution in [3.63, 3.8) is 0 Å². The number of nitrogens with zero attached hydrogens (tertiary/aromatic N) is 1. The molecular formula is C21H23N3O6. The summed E-state index contributed by atoms with van der Waals surface area (Å²) in [7, 11) is 3.08. The Kier molecular flexibility index (Phi) is 8.52. The van der Waals surface area contributed by atoms with Crippen LogP contribution in [-0.4, -0.2) is 44.1 Å². The highest BCUT2D eigenvalue weighted by atomic mass is 16.6. The quantitative estimate of drug-likeness (QED) is 0.267. The van der Waals surface area contributed by atoms with Crippen molar-refractivity contribution >= 4 is 23.6 Å². The van der Waals surface area contributed by atoms with Crippen LogP contribution in [0.15, 0.2) is 54.2 Å². The van der Waals surface area contributed by atoms with Crippen LogP contribution >= 0.6 is 0 Å². The second kappa shape index (κ2) is 11.3. The number of hydrogen-bond acceptors (Lipinski definition) is 6. The molecular weight excluding hydrogens is 390 g/mol. The van der Waals surface area contributed by atoms with Crippen LogP contribution in [0.1, 0.15) is 22.3 Å². The average molecular weight is 413 g/mol. The Hall–Kier alpha value is -3.72. The Balaban J connectivity index is 2.25. The molecule has 2 N–H and O–H groups in total. The molecule has 0 saturated carbocycles. The normalized spacial score (nSPS) is 10.9. The van der Waals surface area contributed by atoms with Crippen molar-refractivity contribution in [2.45, 2.75) is 6.42 Å². The third kappa shape index (κ3) is 6.71. The van der Waals surface area contributed by atoms with Gasteiger partial charge in [0.05, 0.1) is 12.0 Å². The summed E-state index contributed by atoms with van der Waals surface area (Å²) < 4.78 is 10.0. The zero-order valence-electron chi connectivity index (χ0n) is 16.7. The van der Waals surface area contributed by atoms with Crippen molar-refractivity contribution in [3.05, 3.63) is 75.5 Å². The Morgan fingerprint density at radius 3 is 2.50 bits per heavy atom. The van der Waals surface area contributed by atoms with Crippen LogP contribution in [-0.2, 0) is 9.53 Å². The maximum absolute atomic E-state index is 12.6. The number of carbonyl (C=O) groups is 2. The average Bonchev–Trinajstić information content (AvgIpc) is 2.76. The smallest absolute Gasteiger partial charge is 0.270 e. The molecule has 0 unspecified atom stereocenters. The van der Waals surface area contributed by atoms with E-state index in [0.717, 1.165) is 0 Å². The number of nitro benzene ring substituents is 1. The van der Waals surface area contributed by atoms with E-state index in [9.17, 15) is 19.7 Å². The van der Waals surface area contributed by atoms with Crippen LogP contribution in [0.3, 0.4) is 0 Å². The first-order valence-electron chi connectivity index (χ1n) is 9.13. The van der Waals surface area contributed by atoms with Gasteiger partial charge in [-0.2, -0.15) is 0 Å². The largest absolute Gasteiger partial charge is 0.497 e. The van der Waals surface area contributed by atoms with Crippen LogP contribution in [0.2, 0.25) is 0 Å². The molecule has 9 heteroatoms. The lowest BCUT2D eigenvalue weighted by Crippen LogP contribution is -2.35. The molecule has 0 aromatic heterocycles. The van der Waals surface area contributed by atoms with Crippen molar-refractivity contribution in [1.82, 2.24) is 10.6 Å². The van der Waals surface area contributed by atoms with Crippen molar-refractivity contribution in [2.75, 3.05) is 27.4 Å². The first-order chi connectivity index (χ1) is 14.4. The number of benzene rings is 2. The minimum absolute atomic E-state index is 0.0336. The van der Waals surface area contributed by atoms with Crippen molar-refractivity contribution in [2.24, 2.45) is 0 Å². The van der Waals surface area contributed by atoms with E-state index in [1.165, 1.54) is 31.4 Å². The van der Waals surface area contributed by atoms with E-state index in [1.54, 1.807) is 37.4 Å². The van der Waals surface area contributed by atoms with Crippen LogP contribution in [0.25, 0.3) is 6.08 Å². The monoisotopic (exact) mass is 413 g/mol. The lowest BCUT2D eigenvalue weighted by atomic mass is 10.1. The molecule has 0 radical (unpaired) electrons. The molecule has 2 aromatic rings. The summed E-state index contributed by atoms with van der Waals surface area (Å²) in [4.78, 5) is 35.7. The summed E-state index contributed by atoms with van der Waals surface area (Å²) in [6.07, 6.45) is 1.98. The fourth-order valence-corrected chi connectivity index (χ4v) is 2.50. The predicted octanol–water partition coefficient (Wildman–Crippen LogP) is 2.53. The zero-order chi connectivity index (χ0) is 21.9. The van der Waals surface area contributed by atoms with Crippen molar-refractivity contribution in [1.29, 1.82) is 0 Å². The van der Waals surface area contributed by atoms with Gasteiger partial charge < -0.3 is 20.1 Å². The minimum Gasteiger partial charge on any atom is -0.497 e. The van der Waals surface area contributed by atoms with E-state index in [1.807, 2.05) is 0 Å². The Bertz CT molecular complexity index is 925. The number of ether oxygens (including phenoxy) is 2. The summed E-state index contributed by atoms with van der Waals surface area (Å²) in [5.74, 6) is -0.421. The van der Waals surface area contributed by atoms with Gasteiger partial charge in [-0.05, 0) is 42.3 Å². The molecule has 0 bridgehead atoms. The second-order valence-electron chi connectivity index (χ2n) is 6.19. The Morgan fingerprint density at radius 1 is 1.13 bits per heavy atom. The fraction of sp³-hybridized carbons (Fsp3) is 0.238. The van der Waals surface area contributed by atoms with Crippen molar-refractivity contribution in [3.8, 4) is 5.75 Å². The SMILES string of the molecule is COCCCNC(=O)C(=Cc1cccc([N+](=O)[O-])c1)NC(=O)c1ccc(OC)cc1. The standard InChI is InChI=1S/C21H23N3O6/c1-29-12-4-11-22-21(26)19(14-15-5-3-6-17(13-15)24(27)28)23-20(25)16-7-9-18(30-2)10-8-16/h3,5-10,13-14H,4,11-12H2,1-2H3,(H,22,26)(H,23,25).